The molecule has 17 heavy (non-hydrogen) atoms. The highest BCUT2D eigenvalue weighted by Crippen LogP contribution is 2.18. The molecule has 0 bridgehead atoms. The van der Waals surface area contributed by atoms with Crippen molar-refractivity contribution in [3.05, 3.63) is 64.4 Å². The number of anilines is 1. The molecule has 0 saturated heterocycles. The highest BCUT2D eigenvalue weighted by Gasteiger charge is 2.01. The van der Waals surface area contributed by atoms with Crippen LogP contribution in [0.1, 0.15) is 11.1 Å². The summed E-state index contributed by atoms with van der Waals surface area (Å²) in [5.41, 5.74) is 2.96. The molecule has 0 aliphatic carbocycles. The zero-order chi connectivity index (χ0) is 12.3. The predicted molar refractivity (Wildman–Crippen MR) is 69.9 cm³/mol. The van der Waals surface area contributed by atoms with Gasteiger partial charge in [0.05, 0.1) is 0 Å². The fraction of sp³-hybridized carbons (Fsp3) is 0.143. The topological polar surface area (TPSA) is 12.0 Å². The Morgan fingerprint density at radius 2 is 1.82 bits per heavy atom. The molecule has 88 valence electrons. The van der Waals surface area contributed by atoms with E-state index in [1.807, 2.05) is 31.2 Å². The van der Waals surface area contributed by atoms with Crippen molar-refractivity contribution in [1.29, 1.82) is 0 Å². The summed E-state index contributed by atoms with van der Waals surface area (Å²) in [6, 6.07) is 12.4. The molecule has 0 unspecified atom stereocenters. The van der Waals surface area contributed by atoms with E-state index in [0.717, 1.165) is 11.3 Å². The minimum absolute atomic E-state index is 0.268. The molecule has 0 heterocycles. The van der Waals surface area contributed by atoms with Crippen LogP contribution in [0.3, 0.4) is 0 Å². The zero-order valence-corrected chi connectivity index (χ0v) is 10.3. The molecule has 0 aliphatic heterocycles. The van der Waals surface area contributed by atoms with Crippen LogP contribution in [0.4, 0.5) is 10.1 Å². The third kappa shape index (κ3) is 3.21. The Morgan fingerprint density at radius 3 is 2.53 bits per heavy atom. The molecule has 1 nitrogen and oxygen atoms in total. The van der Waals surface area contributed by atoms with E-state index in [2.05, 4.69) is 5.32 Å². The summed E-state index contributed by atoms with van der Waals surface area (Å²) < 4.78 is 13.0. The molecule has 0 fully saturated rings. The van der Waals surface area contributed by atoms with Crippen molar-refractivity contribution in [2.24, 2.45) is 0 Å². The van der Waals surface area contributed by atoms with Crippen molar-refractivity contribution < 1.29 is 4.39 Å². The van der Waals surface area contributed by atoms with Crippen LogP contribution in [0.2, 0.25) is 5.02 Å². The van der Waals surface area contributed by atoms with Gasteiger partial charge in [0.1, 0.15) is 5.82 Å². The van der Waals surface area contributed by atoms with Crippen LogP contribution in [0.25, 0.3) is 0 Å². The molecule has 0 aliphatic rings. The highest BCUT2D eigenvalue weighted by molar-refractivity contribution is 6.31. The summed E-state index contributed by atoms with van der Waals surface area (Å²) in [4.78, 5) is 0. The lowest BCUT2D eigenvalue weighted by Crippen LogP contribution is -2.00. The lowest BCUT2D eigenvalue weighted by atomic mass is 10.2. The first-order chi connectivity index (χ1) is 8.15. The molecule has 0 spiro atoms. The zero-order valence-electron chi connectivity index (χ0n) is 9.50. The van der Waals surface area contributed by atoms with Crippen molar-refractivity contribution in [2.45, 2.75) is 13.5 Å². The normalized spacial score (nSPS) is 10.3. The second kappa shape index (κ2) is 5.19. The van der Waals surface area contributed by atoms with Gasteiger partial charge in [-0.3, -0.25) is 0 Å². The maximum absolute atomic E-state index is 13.0. The molecule has 0 aromatic heterocycles. The van der Waals surface area contributed by atoms with Gasteiger partial charge < -0.3 is 5.32 Å². The van der Waals surface area contributed by atoms with Gasteiger partial charge in [-0.1, -0.05) is 29.3 Å². The van der Waals surface area contributed by atoms with E-state index in [4.69, 9.17) is 11.6 Å². The third-order valence-electron chi connectivity index (χ3n) is 2.54. The molecule has 0 saturated carbocycles. The summed E-state index contributed by atoms with van der Waals surface area (Å²) in [6.07, 6.45) is 0. The summed E-state index contributed by atoms with van der Waals surface area (Å²) in [5, 5.41) is 3.78. The van der Waals surface area contributed by atoms with E-state index in [-0.39, 0.29) is 5.82 Å². The fourth-order valence-electron chi connectivity index (χ4n) is 1.55. The Labute approximate surface area is 105 Å². The van der Waals surface area contributed by atoms with Crippen molar-refractivity contribution in [2.75, 3.05) is 5.32 Å². The van der Waals surface area contributed by atoms with E-state index in [1.165, 1.54) is 17.7 Å². The number of benzene rings is 2. The van der Waals surface area contributed by atoms with Crippen molar-refractivity contribution in [1.82, 2.24) is 0 Å². The molecule has 3 heteroatoms. The molecular weight excluding hydrogens is 237 g/mol. The Morgan fingerprint density at radius 1 is 1.12 bits per heavy atom. The average molecular weight is 250 g/mol. The SMILES string of the molecule is Cc1ccc(NCc2cc(F)ccc2Cl)cc1. The Hall–Kier alpha value is -1.54. The second-order valence-corrected chi connectivity index (χ2v) is 4.36. The standard InChI is InChI=1S/C14H13ClFN/c1-10-2-5-13(6-3-10)17-9-11-8-12(16)4-7-14(11)15/h2-8,17H,9H2,1H3. The Bertz CT molecular complexity index is 508. The van der Waals surface area contributed by atoms with Crippen LogP contribution >= 0.6 is 11.6 Å². The van der Waals surface area contributed by atoms with Gasteiger partial charge in [-0.15, -0.1) is 0 Å². The first-order valence-electron chi connectivity index (χ1n) is 5.39. The van der Waals surface area contributed by atoms with E-state index in [1.54, 1.807) is 6.07 Å². The van der Waals surface area contributed by atoms with Gasteiger partial charge in [-0.05, 0) is 42.8 Å². The quantitative estimate of drug-likeness (QED) is 0.850. The smallest absolute Gasteiger partial charge is 0.123 e. The van der Waals surface area contributed by atoms with Crippen molar-refractivity contribution in [3.8, 4) is 0 Å². The maximum atomic E-state index is 13.0. The summed E-state index contributed by atoms with van der Waals surface area (Å²) in [6.45, 7) is 2.55. The van der Waals surface area contributed by atoms with Gasteiger partial charge in [-0.25, -0.2) is 4.39 Å². The first-order valence-corrected chi connectivity index (χ1v) is 5.77. The maximum Gasteiger partial charge on any atom is 0.123 e. The van der Waals surface area contributed by atoms with E-state index < -0.39 is 0 Å². The summed E-state index contributed by atoms with van der Waals surface area (Å²) >= 11 is 5.98. The molecule has 2 rings (SSSR count). The van der Waals surface area contributed by atoms with Gasteiger partial charge in [0, 0.05) is 17.3 Å². The van der Waals surface area contributed by atoms with Gasteiger partial charge >= 0.3 is 0 Å². The minimum Gasteiger partial charge on any atom is -0.381 e. The second-order valence-electron chi connectivity index (χ2n) is 3.96. The average Bonchev–Trinajstić information content (AvgIpc) is 2.32. The number of hydrogen-bond donors (Lipinski definition) is 1. The van der Waals surface area contributed by atoms with Crippen LogP contribution < -0.4 is 5.32 Å². The van der Waals surface area contributed by atoms with Crippen LogP contribution in [0.15, 0.2) is 42.5 Å². The Kier molecular flexibility index (Phi) is 3.64. The Balaban J connectivity index is 2.07. The molecular formula is C14H13ClFN. The fourth-order valence-corrected chi connectivity index (χ4v) is 1.73. The first kappa shape index (κ1) is 11.9. The monoisotopic (exact) mass is 249 g/mol. The minimum atomic E-state index is -0.268. The van der Waals surface area contributed by atoms with Crippen molar-refractivity contribution >= 4 is 17.3 Å². The van der Waals surface area contributed by atoms with E-state index in [0.29, 0.717) is 11.6 Å². The van der Waals surface area contributed by atoms with E-state index in [9.17, 15) is 4.39 Å². The molecule has 2 aromatic carbocycles. The number of nitrogens with one attached hydrogen (secondary N) is 1. The summed E-state index contributed by atoms with van der Waals surface area (Å²) in [5.74, 6) is -0.268. The van der Waals surface area contributed by atoms with Gasteiger partial charge in [0.2, 0.25) is 0 Å². The lowest BCUT2D eigenvalue weighted by Gasteiger charge is -2.08. The lowest BCUT2D eigenvalue weighted by molar-refractivity contribution is 0.626. The van der Waals surface area contributed by atoms with Gasteiger partial charge in [-0.2, -0.15) is 0 Å². The van der Waals surface area contributed by atoms with Gasteiger partial charge in [0.25, 0.3) is 0 Å². The van der Waals surface area contributed by atoms with E-state index >= 15 is 0 Å². The van der Waals surface area contributed by atoms with Crippen molar-refractivity contribution in [3.63, 3.8) is 0 Å². The van der Waals surface area contributed by atoms with Crippen LogP contribution in [0, 0.1) is 12.7 Å². The number of aryl methyl sites for hydroxylation is 1. The molecule has 2 aromatic rings. The third-order valence-corrected chi connectivity index (χ3v) is 2.91. The predicted octanol–water partition coefficient (Wildman–Crippen LogP) is 4.40. The molecule has 0 radical (unpaired) electrons. The van der Waals surface area contributed by atoms with Gasteiger partial charge in [0.15, 0.2) is 0 Å². The van der Waals surface area contributed by atoms with Crippen LogP contribution in [-0.2, 0) is 6.54 Å². The molecule has 1 N–H and O–H groups in total. The highest BCUT2D eigenvalue weighted by atomic mass is 35.5. The van der Waals surface area contributed by atoms with Crippen LogP contribution in [-0.4, -0.2) is 0 Å². The van der Waals surface area contributed by atoms with Crippen LogP contribution in [0.5, 0.6) is 0 Å². The summed E-state index contributed by atoms with van der Waals surface area (Å²) in [7, 11) is 0. The number of halogens is 2. The molecule has 0 amide bonds. The number of rotatable bonds is 3. The largest absolute Gasteiger partial charge is 0.381 e. The number of hydrogen-bond acceptors (Lipinski definition) is 1. The molecule has 0 atom stereocenters.